The summed E-state index contributed by atoms with van der Waals surface area (Å²) < 4.78 is 2.08. The van der Waals surface area contributed by atoms with E-state index >= 15 is 0 Å². The molecule has 166 valence electrons. The number of pyridine rings is 1. The van der Waals surface area contributed by atoms with Gasteiger partial charge in [-0.2, -0.15) is 0 Å². The molecule has 0 radical (unpaired) electrons. The Labute approximate surface area is 197 Å². The molecular formula is C26H25N5OS. The average Bonchev–Trinajstić information content (AvgIpc) is 3.09. The van der Waals surface area contributed by atoms with Crippen molar-refractivity contribution in [2.24, 2.45) is 17.0 Å². The molecule has 33 heavy (non-hydrogen) atoms. The number of nitrogens with one attached hydrogen (secondary N) is 1. The van der Waals surface area contributed by atoms with Crippen LogP contribution >= 0.6 is 11.8 Å². The zero-order valence-corrected chi connectivity index (χ0v) is 19.7. The number of hydrogen-bond donors (Lipinski definition) is 1. The fraction of sp³-hybridized carbons (Fsp3) is 0.154. The van der Waals surface area contributed by atoms with Gasteiger partial charge < -0.3 is 9.88 Å². The fourth-order valence-electron chi connectivity index (χ4n) is 3.39. The number of carbonyl (C=O) groups is 1. The van der Waals surface area contributed by atoms with Crippen LogP contribution in [0, 0.1) is 6.92 Å². The van der Waals surface area contributed by atoms with Gasteiger partial charge in [-0.05, 0) is 62.5 Å². The summed E-state index contributed by atoms with van der Waals surface area (Å²) in [5.74, 6) is -0.190. The maximum atomic E-state index is 12.8. The normalized spacial score (nSPS) is 13.2. The Bertz CT molecular complexity index is 1300. The Hall–Kier alpha value is -3.71. The lowest BCUT2D eigenvalue weighted by molar-refractivity contribution is 0.0957. The van der Waals surface area contributed by atoms with Gasteiger partial charge in [-0.15, -0.1) is 0 Å². The molecule has 0 aliphatic carbocycles. The van der Waals surface area contributed by atoms with Gasteiger partial charge in [0.05, 0.1) is 34.4 Å². The average molecular weight is 456 g/mol. The second kappa shape index (κ2) is 9.83. The van der Waals surface area contributed by atoms with Gasteiger partial charge in [0, 0.05) is 35.5 Å². The highest BCUT2D eigenvalue weighted by atomic mass is 32.2. The molecule has 1 N–H and O–H groups in total. The van der Waals surface area contributed by atoms with Crippen LogP contribution in [0.4, 0.5) is 5.69 Å². The predicted molar refractivity (Wildman–Crippen MR) is 135 cm³/mol. The van der Waals surface area contributed by atoms with Gasteiger partial charge in [-0.3, -0.25) is 14.8 Å². The summed E-state index contributed by atoms with van der Waals surface area (Å²) in [5.41, 5.74) is 5.67. The summed E-state index contributed by atoms with van der Waals surface area (Å²) in [5, 5.41) is 3.99. The van der Waals surface area contributed by atoms with Crippen LogP contribution in [-0.2, 0) is 7.05 Å². The second-order valence-corrected chi connectivity index (χ2v) is 8.67. The standard InChI is InChI=1S/C26H25N5OS/c1-5-6-7-19(27-3)16-29-25(32)18-9-11-23-22(14-18)30-24(21-10-8-17(2)15-28-21)20-12-13-31(4)26(20)33-23/h5-15H,3,16H2,1-2,4H3,(H,29,32)/b6-5-,19-7-. The van der Waals surface area contributed by atoms with Crippen LogP contribution in [0.2, 0.25) is 0 Å². The third kappa shape index (κ3) is 4.88. The maximum absolute atomic E-state index is 12.8. The SMILES string of the molecule is C=N/C(=C\C=C/C)CNC(=O)c1ccc2c(c1)N=C(c1ccc(C)cn1)c1ccn(C)c1S2. The second-order valence-electron chi connectivity index (χ2n) is 7.64. The lowest BCUT2D eigenvalue weighted by Crippen LogP contribution is -2.25. The number of fused-ring (bicyclic) bond motifs is 2. The quantitative estimate of drug-likeness (QED) is 0.319. The van der Waals surface area contributed by atoms with Crippen LogP contribution in [0.25, 0.3) is 0 Å². The predicted octanol–water partition coefficient (Wildman–Crippen LogP) is 5.25. The first-order valence-electron chi connectivity index (χ1n) is 10.6. The van der Waals surface area contributed by atoms with E-state index in [1.54, 1.807) is 11.8 Å². The Balaban J connectivity index is 1.69. The number of nitrogens with zero attached hydrogens (tertiary/aromatic N) is 4. The van der Waals surface area contributed by atoms with E-state index in [2.05, 4.69) is 32.6 Å². The molecule has 3 heterocycles. The number of aliphatic imine (C=N–C) groups is 2. The summed E-state index contributed by atoms with van der Waals surface area (Å²) in [6.07, 6.45) is 9.45. The number of carbonyl (C=O) groups excluding carboxylic acids is 1. The number of aryl methyl sites for hydroxylation is 2. The number of benzene rings is 1. The molecule has 6 nitrogen and oxygen atoms in total. The minimum Gasteiger partial charge on any atom is -0.346 e. The maximum Gasteiger partial charge on any atom is 0.251 e. The van der Waals surface area contributed by atoms with E-state index in [0.717, 1.165) is 38.1 Å². The van der Waals surface area contributed by atoms with Crippen molar-refractivity contribution in [3.8, 4) is 0 Å². The topological polar surface area (TPSA) is 71.6 Å². The van der Waals surface area contributed by atoms with Crippen molar-refractivity contribution in [2.75, 3.05) is 6.54 Å². The van der Waals surface area contributed by atoms with Gasteiger partial charge in [-0.25, -0.2) is 4.99 Å². The van der Waals surface area contributed by atoms with Crippen molar-refractivity contribution < 1.29 is 4.79 Å². The van der Waals surface area contributed by atoms with Gasteiger partial charge >= 0.3 is 0 Å². The van der Waals surface area contributed by atoms with Crippen molar-refractivity contribution in [3.05, 3.63) is 95.1 Å². The molecule has 0 saturated carbocycles. The molecule has 0 spiro atoms. The number of amides is 1. The molecule has 1 aromatic carbocycles. The van der Waals surface area contributed by atoms with E-state index in [1.807, 2.05) is 81.8 Å². The van der Waals surface area contributed by atoms with Crippen molar-refractivity contribution in [1.82, 2.24) is 14.9 Å². The molecule has 0 bridgehead atoms. The van der Waals surface area contributed by atoms with Crippen molar-refractivity contribution in [1.29, 1.82) is 0 Å². The number of allylic oxidation sites excluding steroid dienone is 3. The molecule has 7 heteroatoms. The highest BCUT2D eigenvalue weighted by Crippen LogP contribution is 2.41. The molecule has 0 atom stereocenters. The first-order chi connectivity index (χ1) is 16.0. The summed E-state index contributed by atoms with van der Waals surface area (Å²) in [4.78, 5) is 27.4. The molecule has 0 fully saturated rings. The van der Waals surface area contributed by atoms with E-state index in [1.165, 1.54) is 0 Å². The zero-order valence-electron chi connectivity index (χ0n) is 18.9. The van der Waals surface area contributed by atoms with Gasteiger partial charge in [0.15, 0.2) is 0 Å². The molecule has 0 saturated heterocycles. The summed E-state index contributed by atoms with van der Waals surface area (Å²) in [6.45, 7) is 7.79. The number of hydrogen-bond acceptors (Lipinski definition) is 5. The van der Waals surface area contributed by atoms with Crippen molar-refractivity contribution in [3.63, 3.8) is 0 Å². The molecule has 1 amide bonds. The number of aromatic nitrogens is 2. The Morgan fingerprint density at radius 1 is 1.27 bits per heavy atom. The van der Waals surface area contributed by atoms with Crippen LogP contribution < -0.4 is 5.32 Å². The highest BCUT2D eigenvalue weighted by Gasteiger charge is 2.23. The first kappa shape index (κ1) is 22.5. The largest absolute Gasteiger partial charge is 0.346 e. The summed E-state index contributed by atoms with van der Waals surface area (Å²) >= 11 is 1.64. The van der Waals surface area contributed by atoms with Gasteiger partial charge in [0.25, 0.3) is 5.91 Å². The van der Waals surface area contributed by atoms with Gasteiger partial charge in [0.1, 0.15) is 0 Å². The third-order valence-corrected chi connectivity index (χ3v) is 6.47. The van der Waals surface area contributed by atoms with E-state index in [4.69, 9.17) is 4.99 Å². The minimum atomic E-state index is -0.190. The third-order valence-electron chi connectivity index (χ3n) is 5.20. The first-order valence-corrected chi connectivity index (χ1v) is 11.4. The summed E-state index contributed by atoms with van der Waals surface area (Å²) in [6, 6.07) is 11.7. The molecule has 1 aliphatic rings. The highest BCUT2D eigenvalue weighted by molar-refractivity contribution is 7.99. The Kier molecular flexibility index (Phi) is 6.70. The van der Waals surface area contributed by atoms with Crippen LogP contribution in [0.15, 0.2) is 92.6 Å². The smallest absolute Gasteiger partial charge is 0.251 e. The monoisotopic (exact) mass is 455 g/mol. The van der Waals surface area contributed by atoms with E-state index < -0.39 is 0 Å². The molecular weight excluding hydrogens is 430 g/mol. The minimum absolute atomic E-state index is 0.190. The Morgan fingerprint density at radius 3 is 2.85 bits per heavy atom. The lowest BCUT2D eigenvalue weighted by atomic mass is 10.1. The number of rotatable bonds is 6. The Morgan fingerprint density at radius 2 is 2.12 bits per heavy atom. The zero-order chi connectivity index (χ0) is 23.4. The molecule has 3 aromatic rings. The van der Waals surface area contributed by atoms with Crippen molar-refractivity contribution >= 4 is 35.8 Å². The van der Waals surface area contributed by atoms with Crippen molar-refractivity contribution in [2.45, 2.75) is 23.8 Å². The molecule has 0 unspecified atom stereocenters. The van der Waals surface area contributed by atoms with Crippen LogP contribution in [0.5, 0.6) is 0 Å². The van der Waals surface area contributed by atoms with E-state index in [-0.39, 0.29) is 5.91 Å². The molecule has 1 aliphatic heterocycles. The van der Waals surface area contributed by atoms with Crippen LogP contribution in [0.3, 0.4) is 0 Å². The lowest BCUT2D eigenvalue weighted by Gasteiger charge is -2.09. The fourth-order valence-corrected chi connectivity index (χ4v) is 4.42. The molecule has 4 rings (SSSR count). The van der Waals surface area contributed by atoms with Gasteiger partial charge in [0.2, 0.25) is 0 Å². The van der Waals surface area contributed by atoms with Crippen LogP contribution in [-0.4, -0.2) is 34.4 Å². The van der Waals surface area contributed by atoms with E-state index in [9.17, 15) is 4.79 Å². The molecule has 2 aromatic heterocycles. The van der Waals surface area contributed by atoms with Crippen LogP contribution in [0.1, 0.15) is 34.1 Å². The van der Waals surface area contributed by atoms with Gasteiger partial charge in [-0.1, -0.05) is 30.0 Å². The summed E-state index contributed by atoms with van der Waals surface area (Å²) in [7, 11) is 2.02. The van der Waals surface area contributed by atoms with E-state index in [0.29, 0.717) is 17.8 Å².